The van der Waals surface area contributed by atoms with Crippen LogP contribution in [0.15, 0.2) is 47.4 Å². The number of likely N-dealkylation sites (tertiary alicyclic amines) is 1. The molecule has 5 heteroatoms. The summed E-state index contributed by atoms with van der Waals surface area (Å²) in [6, 6.07) is 11.5. The van der Waals surface area contributed by atoms with Crippen LogP contribution in [0.5, 0.6) is 0 Å². The SMILES string of the molecule is Cc1cccc(Cn2cccc(C(=O)N3CCCCC3CN)c2=O)c1. The van der Waals surface area contributed by atoms with Crippen LogP contribution in [0.4, 0.5) is 0 Å². The number of carbonyl (C=O) groups excluding carboxylic acids is 1. The zero-order valence-corrected chi connectivity index (χ0v) is 14.6. The van der Waals surface area contributed by atoms with E-state index in [1.807, 2.05) is 25.1 Å². The van der Waals surface area contributed by atoms with E-state index in [2.05, 4.69) is 6.07 Å². The van der Waals surface area contributed by atoms with E-state index in [1.165, 1.54) is 0 Å². The zero-order chi connectivity index (χ0) is 17.8. The van der Waals surface area contributed by atoms with Gasteiger partial charge in [-0.25, -0.2) is 0 Å². The number of nitrogens with zero attached hydrogens (tertiary/aromatic N) is 2. The minimum atomic E-state index is -0.240. The molecule has 3 rings (SSSR count). The predicted molar refractivity (Wildman–Crippen MR) is 98.7 cm³/mol. The molecular weight excluding hydrogens is 314 g/mol. The van der Waals surface area contributed by atoms with Gasteiger partial charge in [0, 0.05) is 25.3 Å². The van der Waals surface area contributed by atoms with E-state index in [4.69, 9.17) is 5.73 Å². The summed E-state index contributed by atoms with van der Waals surface area (Å²) in [5, 5.41) is 0. The molecule has 2 heterocycles. The highest BCUT2D eigenvalue weighted by Gasteiger charge is 2.28. The molecular formula is C20H25N3O2. The van der Waals surface area contributed by atoms with Gasteiger partial charge in [-0.05, 0) is 43.9 Å². The van der Waals surface area contributed by atoms with Gasteiger partial charge in [0.15, 0.2) is 0 Å². The van der Waals surface area contributed by atoms with Crippen LogP contribution in [0.2, 0.25) is 0 Å². The molecule has 5 nitrogen and oxygen atoms in total. The number of aromatic nitrogens is 1. The Balaban J connectivity index is 1.88. The summed E-state index contributed by atoms with van der Waals surface area (Å²) < 4.78 is 1.60. The van der Waals surface area contributed by atoms with Crippen molar-refractivity contribution in [2.75, 3.05) is 13.1 Å². The maximum Gasteiger partial charge on any atom is 0.263 e. The standard InChI is InChI=1S/C20H25N3O2/c1-15-6-4-7-16(12-15)14-22-10-5-9-18(19(22)24)20(25)23-11-3-2-8-17(23)13-21/h4-7,9-10,12,17H,2-3,8,11,13-14,21H2,1H3. The van der Waals surface area contributed by atoms with Crippen LogP contribution in [-0.4, -0.2) is 34.5 Å². The lowest BCUT2D eigenvalue weighted by Crippen LogP contribution is -2.49. The van der Waals surface area contributed by atoms with Crippen molar-refractivity contribution in [1.82, 2.24) is 9.47 Å². The quantitative estimate of drug-likeness (QED) is 0.928. The molecule has 0 aliphatic carbocycles. The van der Waals surface area contributed by atoms with Gasteiger partial charge in [-0.2, -0.15) is 0 Å². The summed E-state index contributed by atoms with van der Waals surface area (Å²) in [5.74, 6) is -0.196. The van der Waals surface area contributed by atoms with E-state index in [9.17, 15) is 9.59 Å². The summed E-state index contributed by atoms with van der Waals surface area (Å²) in [7, 11) is 0. The lowest BCUT2D eigenvalue weighted by molar-refractivity contribution is 0.0621. The summed E-state index contributed by atoms with van der Waals surface area (Å²) in [6.45, 7) is 3.60. The van der Waals surface area contributed by atoms with Gasteiger partial charge < -0.3 is 15.2 Å². The summed E-state index contributed by atoms with van der Waals surface area (Å²) in [4.78, 5) is 27.5. The van der Waals surface area contributed by atoms with Gasteiger partial charge >= 0.3 is 0 Å². The number of rotatable bonds is 4. The monoisotopic (exact) mass is 339 g/mol. The smallest absolute Gasteiger partial charge is 0.263 e. The molecule has 2 N–H and O–H groups in total. The minimum absolute atomic E-state index is 0.0334. The summed E-state index contributed by atoms with van der Waals surface area (Å²) >= 11 is 0. The van der Waals surface area contributed by atoms with Gasteiger partial charge in [0.25, 0.3) is 11.5 Å². The van der Waals surface area contributed by atoms with Crippen molar-refractivity contribution in [3.05, 3.63) is 69.6 Å². The lowest BCUT2D eigenvalue weighted by Gasteiger charge is -2.35. The Morgan fingerprint density at radius 2 is 2.08 bits per heavy atom. The van der Waals surface area contributed by atoms with Crippen LogP contribution in [-0.2, 0) is 6.54 Å². The van der Waals surface area contributed by atoms with Gasteiger partial charge in [-0.3, -0.25) is 9.59 Å². The van der Waals surface area contributed by atoms with Crippen molar-refractivity contribution in [1.29, 1.82) is 0 Å². The summed E-state index contributed by atoms with van der Waals surface area (Å²) in [5.41, 5.74) is 8.00. The van der Waals surface area contributed by atoms with E-state index < -0.39 is 0 Å². The lowest BCUT2D eigenvalue weighted by atomic mass is 10.0. The fourth-order valence-corrected chi connectivity index (χ4v) is 3.50. The first-order valence-corrected chi connectivity index (χ1v) is 8.86. The molecule has 1 aromatic heterocycles. The molecule has 0 radical (unpaired) electrons. The molecule has 0 saturated carbocycles. The van der Waals surface area contributed by atoms with Gasteiger partial charge in [0.1, 0.15) is 5.56 Å². The van der Waals surface area contributed by atoms with Gasteiger partial charge in [0.05, 0.1) is 6.54 Å². The van der Waals surface area contributed by atoms with E-state index in [-0.39, 0.29) is 23.1 Å². The van der Waals surface area contributed by atoms with Gasteiger partial charge in [0.2, 0.25) is 0 Å². The number of nitrogens with two attached hydrogens (primary N) is 1. The number of aryl methyl sites for hydroxylation is 1. The first-order valence-electron chi connectivity index (χ1n) is 8.86. The van der Waals surface area contributed by atoms with E-state index in [0.717, 1.165) is 30.4 Å². The number of carbonyl (C=O) groups is 1. The Morgan fingerprint density at radius 1 is 1.24 bits per heavy atom. The van der Waals surface area contributed by atoms with Crippen molar-refractivity contribution in [2.45, 2.75) is 38.8 Å². The highest BCUT2D eigenvalue weighted by Crippen LogP contribution is 2.18. The molecule has 1 saturated heterocycles. The second kappa shape index (κ2) is 7.66. The number of hydrogen-bond donors (Lipinski definition) is 1. The molecule has 0 spiro atoms. The maximum absolute atomic E-state index is 12.9. The third-order valence-corrected chi connectivity index (χ3v) is 4.85. The average Bonchev–Trinajstić information content (AvgIpc) is 2.63. The van der Waals surface area contributed by atoms with Crippen LogP contribution in [0, 0.1) is 6.92 Å². The zero-order valence-electron chi connectivity index (χ0n) is 14.6. The van der Waals surface area contributed by atoms with Crippen LogP contribution in [0.25, 0.3) is 0 Å². The maximum atomic E-state index is 12.9. The number of amides is 1. The minimum Gasteiger partial charge on any atom is -0.334 e. The Bertz CT molecular complexity index is 813. The molecule has 1 amide bonds. The molecule has 132 valence electrons. The van der Waals surface area contributed by atoms with E-state index in [0.29, 0.717) is 19.6 Å². The topological polar surface area (TPSA) is 68.3 Å². The van der Waals surface area contributed by atoms with Crippen molar-refractivity contribution in [2.24, 2.45) is 5.73 Å². The van der Waals surface area contributed by atoms with Gasteiger partial charge in [-0.15, -0.1) is 0 Å². The number of benzene rings is 1. The molecule has 2 aromatic rings. The van der Waals surface area contributed by atoms with Crippen LogP contribution < -0.4 is 11.3 Å². The molecule has 1 atom stereocenters. The van der Waals surface area contributed by atoms with Gasteiger partial charge in [-0.1, -0.05) is 29.8 Å². The van der Waals surface area contributed by atoms with Crippen molar-refractivity contribution in [3.8, 4) is 0 Å². The molecule has 0 bridgehead atoms. The summed E-state index contributed by atoms with van der Waals surface area (Å²) in [6.07, 6.45) is 4.69. The fourth-order valence-electron chi connectivity index (χ4n) is 3.50. The Hall–Kier alpha value is -2.40. The largest absolute Gasteiger partial charge is 0.334 e. The third-order valence-electron chi connectivity index (χ3n) is 4.85. The Labute approximate surface area is 148 Å². The van der Waals surface area contributed by atoms with Crippen molar-refractivity contribution >= 4 is 5.91 Å². The molecule has 1 unspecified atom stereocenters. The normalized spacial score (nSPS) is 17.5. The molecule has 25 heavy (non-hydrogen) atoms. The second-order valence-corrected chi connectivity index (χ2v) is 6.73. The first kappa shape index (κ1) is 17.4. The van der Waals surface area contributed by atoms with E-state index >= 15 is 0 Å². The fraction of sp³-hybridized carbons (Fsp3) is 0.400. The third kappa shape index (κ3) is 3.82. The highest BCUT2D eigenvalue weighted by atomic mass is 16.2. The number of hydrogen-bond acceptors (Lipinski definition) is 3. The van der Waals surface area contributed by atoms with Crippen LogP contribution >= 0.6 is 0 Å². The predicted octanol–water partition coefficient (Wildman–Crippen LogP) is 2.16. The Morgan fingerprint density at radius 3 is 2.84 bits per heavy atom. The van der Waals surface area contributed by atoms with Crippen LogP contribution in [0.1, 0.15) is 40.7 Å². The Kier molecular flexibility index (Phi) is 5.34. The second-order valence-electron chi connectivity index (χ2n) is 6.73. The molecule has 1 aromatic carbocycles. The molecule has 1 aliphatic rings. The van der Waals surface area contributed by atoms with Crippen molar-refractivity contribution < 1.29 is 4.79 Å². The van der Waals surface area contributed by atoms with Crippen LogP contribution in [0.3, 0.4) is 0 Å². The first-order chi connectivity index (χ1) is 12.1. The average molecular weight is 339 g/mol. The molecule has 1 aliphatic heterocycles. The number of piperidine rings is 1. The number of pyridine rings is 1. The van der Waals surface area contributed by atoms with E-state index in [1.54, 1.807) is 27.8 Å². The highest BCUT2D eigenvalue weighted by molar-refractivity contribution is 5.94. The molecule has 1 fully saturated rings. The van der Waals surface area contributed by atoms with Crippen molar-refractivity contribution in [3.63, 3.8) is 0 Å².